The molecule has 0 atom stereocenters. The third-order valence-corrected chi connectivity index (χ3v) is 10.4. The molecule has 47 heavy (non-hydrogen) atoms. The Morgan fingerprint density at radius 1 is 1.04 bits per heavy atom. The Labute approximate surface area is 276 Å². The Hall–Kier alpha value is -3.93. The van der Waals surface area contributed by atoms with E-state index in [0.717, 1.165) is 74.3 Å². The second-order valence-corrected chi connectivity index (χ2v) is 13.8. The van der Waals surface area contributed by atoms with Gasteiger partial charge in [0.25, 0.3) is 0 Å². The lowest BCUT2D eigenvalue weighted by atomic mass is 10.0. The van der Waals surface area contributed by atoms with E-state index < -0.39 is 12.6 Å². The Morgan fingerprint density at radius 2 is 1.79 bits per heavy atom. The fourth-order valence-electron chi connectivity index (χ4n) is 6.69. The molecule has 0 radical (unpaired) electrons. The van der Waals surface area contributed by atoms with E-state index in [9.17, 15) is 23.2 Å². The maximum Gasteiger partial charge on any atom is 0.393 e. The molecule has 2 amide bonds. The number of thiophene rings is 1. The monoisotopic (exact) mass is 667 g/mol. The van der Waals surface area contributed by atoms with Crippen molar-refractivity contribution in [3.05, 3.63) is 52.3 Å². The van der Waals surface area contributed by atoms with Gasteiger partial charge < -0.3 is 19.7 Å². The van der Waals surface area contributed by atoms with Crippen LogP contribution in [-0.4, -0.2) is 112 Å². The standard InChI is InChI=1S/C33H40F3N9OS/c1-22-23(4-5-29-27(22)16-25(19-37)45(29)15-12-42-10-13-44(14-11-42)32(46)41(2)3)20-43-8-6-24(7-9-43)40-30-28-17-26(18-33(34,35)36)47-31(28)39-21-38-30/h4-5,16-17,21,24H,6-15,18,20H2,1-3H3,(H,38,39,40). The number of likely N-dealkylation sites (tertiary alicyclic amines) is 1. The number of benzene rings is 1. The number of hydrogen-bond acceptors (Lipinski definition) is 8. The summed E-state index contributed by atoms with van der Waals surface area (Å²) in [5.74, 6) is 0.596. The topological polar surface area (TPSA) is 96.6 Å². The smallest absolute Gasteiger partial charge is 0.367 e. The van der Waals surface area contributed by atoms with Gasteiger partial charge in [-0.15, -0.1) is 11.3 Å². The van der Waals surface area contributed by atoms with E-state index in [1.54, 1.807) is 25.1 Å². The van der Waals surface area contributed by atoms with Gasteiger partial charge in [0.1, 0.15) is 28.7 Å². The van der Waals surface area contributed by atoms with Crippen LogP contribution in [0.2, 0.25) is 0 Å². The van der Waals surface area contributed by atoms with Crippen molar-refractivity contribution in [3.63, 3.8) is 0 Å². The molecule has 0 unspecified atom stereocenters. The lowest BCUT2D eigenvalue weighted by Gasteiger charge is -2.36. The van der Waals surface area contributed by atoms with Gasteiger partial charge in [-0.1, -0.05) is 6.07 Å². The molecule has 3 aromatic heterocycles. The number of aryl methyl sites for hydroxylation is 1. The number of amides is 2. The summed E-state index contributed by atoms with van der Waals surface area (Å²) in [6, 6.07) is 10.5. The van der Waals surface area contributed by atoms with Gasteiger partial charge >= 0.3 is 12.2 Å². The zero-order valence-electron chi connectivity index (χ0n) is 27.0. The van der Waals surface area contributed by atoms with Crippen molar-refractivity contribution in [2.45, 2.75) is 51.5 Å². The molecule has 6 rings (SSSR count). The van der Waals surface area contributed by atoms with Gasteiger partial charge in [0.05, 0.1) is 11.8 Å². The number of piperazine rings is 1. The van der Waals surface area contributed by atoms with Gasteiger partial charge in [-0.25, -0.2) is 14.8 Å². The molecule has 1 N–H and O–H groups in total. The van der Waals surface area contributed by atoms with Crippen LogP contribution in [0.5, 0.6) is 0 Å². The normalized spacial score (nSPS) is 17.0. The number of nitrogens with zero attached hydrogens (tertiary/aromatic N) is 8. The van der Waals surface area contributed by atoms with E-state index in [2.05, 4.69) is 54.8 Å². The molecule has 250 valence electrons. The number of aromatic nitrogens is 3. The van der Waals surface area contributed by atoms with Gasteiger partial charge in [0.2, 0.25) is 0 Å². The summed E-state index contributed by atoms with van der Waals surface area (Å²) >= 11 is 1.06. The fourth-order valence-corrected chi connectivity index (χ4v) is 7.71. The highest BCUT2D eigenvalue weighted by atomic mass is 32.1. The number of urea groups is 1. The quantitative estimate of drug-likeness (QED) is 0.272. The summed E-state index contributed by atoms with van der Waals surface area (Å²) < 4.78 is 40.9. The van der Waals surface area contributed by atoms with Crippen LogP contribution in [-0.2, 0) is 19.5 Å². The first-order valence-electron chi connectivity index (χ1n) is 16.0. The number of rotatable bonds is 8. The first-order valence-corrected chi connectivity index (χ1v) is 16.8. The SMILES string of the molecule is Cc1c(CN2CCC(Nc3ncnc4sc(CC(F)(F)F)cc34)CC2)ccc2c1cc(C#N)n2CCN1CCN(C(=O)N(C)C)CC1. The second-order valence-electron chi connectivity index (χ2n) is 12.7. The summed E-state index contributed by atoms with van der Waals surface area (Å²) in [5.41, 5.74) is 4.14. The summed E-state index contributed by atoms with van der Waals surface area (Å²) in [6.45, 7) is 9.26. The number of alkyl halides is 3. The van der Waals surface area contributed by atoms with Crippen LogP contribution in [0, 0.1) is 18.3 Å². The molecule has 1 aromatic carbocycles. The van der Waals surface area contributed by atoms with Gasteiger partial charge in [0, 0.05) is 94.8 Å². The molecule has 2 aliphatic rings. The largest absolute Gasteiger partial charge is 0.393 e. The molecule has 0 spiro atoms. The van der Waals surface area contributed by atoms with Crippen molar-refractivity contribution >= 4 is 44.3 Å². The zero-order chi connectivity index (χ0) is 33.3. The molecule has 0 saturated carbocycles. The third kappa shape index (κ3) is 7.47. The van der Waals surface area contributed by atoms with E-state index in [0.29, 0.717) is 41.4 Å². The Kier molecular flexibility index (Phi) is 9.59. The lowest BCUT2D eigenvalue weighted by molar-refractivity contribution is -0.126. The number of halogens is 3. The summed E-state index contributed by atoms with van der Waals surface area (Å²) in [6.07, 6.45) is -2.03. The molecule has 14 heteroatoms. The van der Waals surface area contributed by atoms with Gasteiger partial charge in [-0.3, -0.25) is 9.80 Å². The van der Waals surface area contributed by atoms with Gasteiger partial charge in [0.15, 0.2) is 0 Å². The van der Waals surface area contributed by atoms with E-state index >= 15 is 0 Å². The highest BCUT2D eigenvalue weighted by Gasteiger charge is 2.29. The van der Waals surface area contributed by atoms with Crippen LogP contribution in [0.3, 0.4) is 0 Å². The van der Waals surface area contributed by atoms with Crippen molar-refractivity contribution in [2.75, 3.05) is 65.2 Å². The van der Waals surface area contributed by atoms with Crippen LogP contribution in [0.15, 0.2) is 30.6 Å². The molecular weight excluding hydrogens is 627 g/mol. The number of fused-ring (bicyclic) bond motifs is 2. The molecule has 4 aromatic rings. The lowest BCUT2D eigenvalue weighted by Crippen LogP contribution is -2.51. The van der Waals surface area contributed by atoms with Crippen molar-refractivity contribution < 1.29 is 18.0 Å². The first kappa shape index (κ1) is 33.0. The highest BCUT2D eigenvalue weighted by Crippen LogP contribution is 2.33. The predicted octanol–water partition coefficient (Wildman–Crippen LogP) is 5.31. The molecule has 2 aliphatic heterocycles. The van der Waals surface area contributed by atoms with Crippen molar-refractivity contribution in [1.82, 2.24) is 34.1 Å². The second kappa shape index (κ2) is 13.7. The average Bonchev–Trinajstić information content (AvgIpc) is 3.62. The maximum absolute atomic E-state index is 12.9. The average molecular weight is 668 g/mol. The molecular formula is C33H40F3N9OS. The number of carbonyl (C=O) groups excluding carboxylic acids is 1. The number of piperidine rings is 1. The Balaban J connectivity index is 1.05. The van der Waals surface area contributed by atoms with Crippen LogP contribution >= 0.6 is 11.3 Å². The number of hydrogen-bond donors (Lipinski definition) is 1. The zero-order valence-corrected chi connectivity index (χ0v) is 27.8. The third-order valence-electron chi connectivity index (χ3n) is 9.32. The van der Waals surface area contributed by atoms with Crippen molar-refractivity contribution in [3.8, 4) is 6.07 Å². The molecule has 0 aliphatic carbocycles. The van der Waals surface area contributed by atoms with Gasteiger partial charge in [-0.05, 0) is 49.1 Å². The van der Waals surface area contributed by atoms with Gasteiger partial charge in [-0.2, -0.15) is 18.4 Å². The van der Waals surface area contributed by atoms with Crippen molar-refractivity contribution in [1.29, 1.82) is 5.26 Å². The molecule has 2 fully saturated rings. The number of nitrogens with one attached hydrogen (secondary N) is 1. The minimum atomic E-state index is -4.26. The van der Waals surface area contributed by atoms with Crippen LogP contribution < -0.4 is 5.32 Å². The Bertz CT molecular complexity index is 1780. The molecule has 5 heterocycles. The summed E-state index contributed by atoms with van der Waals surface area (Å²) in [5, 5.41) is 15.2. The summed E-state index contributed by atoms with van der Waals surface area (Å²) in [7, 11) is 3.55. The van der Waals surface area contributed by atoms with Crippen LogP contribution in [0.25, 0.3) is 21.1 Å². The highest BCUT2D eigenvalue weighted by molar-refractivity contribution is 7.18. The minimum absolute atomic E-state index is 0.0474. The van der Waals surface area contributed by atoms with E-state index in [-0.39, 0.29) is 17.0 Å². The molecule has 2 saturated heterocycles. The predicted molar refractivity (Wildman–Crippen MR) is 178 cm³/mol. The van der Waals surface area contributed by atoms with Crippen molar-refractivity contribution in [2.24, 2.45) is 0 Å². The van der Waals surface area contributed by atoms with Crippen LogP contribution in [0.4, 0.5) is 23.8 Å². The number of carbonyl (C=O) groups is 1. The van der Waals surface area contributed by atoms with E-state index in [1.807, 2.05) is 11.0 Å². The first-order chi connectivity index (χ1) is 22.5. The number of nitriles is 1. The fraction of sp³-hybridized carbons (Fsp3) is 0.515. The van der Waals surface area contributed by atoms with E-state index in [4.69, 9.17) is 0 Å². The number of anilines is 1. The minimum Gasteiger partial charge on any atom is -0.367 e. The van der Waals surface area contributed by atoms with Crippen LogP contribution in [0.1, 0.15) is 34.5 Å². The molecule has 0 bridgehead atoms. The summed E-state index contributed by atoms with van der Waals surface area (Å²) in [4.78, 5) is 29.9. The van der Waals surface area contributed by atoms with E-state index in [1.165, 1.54) is 17.5 Å². The maximum atomic E-state index is 12.9. The molecule has 10 nitrogen and oxygen atoms in total. The Morgan fingerprint density at radius 3 is 2.47 bits per heavy atom.